The first-order chi connectivity index (χ1) is 8.80. The van der Waals surface area contributed by atoms with Gasteiger partial charge in [-0.25, -0.2) is 0 Å². The third kappa shape index (κ3) is 3.69. The highest BCUT2D eigenvalue weighted by atomic mass is 16.4. The summed E-state index contributed by atoms with van der Waals surface area (Å²) in [6, 6.07) is 0.0656. The number of carbonyl (C=O) groups excluding carboxylic acids is 1. The molecule has 4 N–H and O–H groups in total. The van der Waals surface area contributed by atoms with Gasteiger partial charge in [0.15, 0.2) is 0 Å². The van der Waals surface area contributed by atoms with E-state index in [0.29, 0.717) is 25.8 Å². The topological polar surface area (TPSA) is 92.4 Å². The zero-order valence-corrected chi connectivity index (χ0v) is 12.1. The molecule has 19 heavy (non-hydrogen) atoms. The molecular formula is C14H26N2O3. The number of amides is 1. The van der Waals surface area contributed by atoms with Crippen molar-refractivity contribution in [3.05, 3.63) is 0 Å². The van der Waals surface area contributed by atoms with E-state index < -0.39 is 5.97 Å². The molecule has 1 aliphatic carbocycles. The molecule has 5 nitrogen and oxygen atoms in total. The van der Waals surface area contributed by atoms with Crippen molar-refractivity contribution in [2.45, 2.75) is 52.5 Å². The van der Waals surface area contributed by atoms with Crippen LogP contribution in [-0.4, -0.2) is 29.6 Å². The fraction of sp³-hybridized carbons (Fsp3) is 0.857. The van der Waals surface area contributed by atoms with Gasteiger partial charge in [-0.3, -0.25) is 9.59 Å². The Labute approximate surface area is 114 Å². The second-order valence-electron chi connectivity index (χ2n) is 6.14. The summed E-state index contributed by atoms with van der Waals surface area (Å²) >= 11 is 0. The quantitative estimate of drug-likeness (QED) is 0.703. The van der Waals surface area contributed by atoms with E-state index in [1.165, 1.54) is 0 Å². The fourth-order valence-electron chi connectivity index (χ4n) is 2.98. The average molecular weight is 270 g/mol. The van der Waals surface area contributed by atoms with Crippen LogP contribution in [-0.2, 0) is 9.59 Å². The number of aliphatic carboxylic acids is 1. The molecule has 1 amide bonds. The van der Waals surface area contributed by atoms with E-state index in [0.717, 1.165) is 6.42 Å². The second kappa shape index (κ2) is 6.37. The lowest BCUT2D eigenvalue weighted by molar-refractivity contribution is -0.150. The molecule has 0 heterocycles. The second-order valence-corrected chi connectivity index (χ2v) is 6.14. The molecule has 0 bridgehead atoms. The van der Waals surface area contributed by atoms with Crippen LogP contribution in [0.25, 0.3) is 0 Å². The maximum absolute atomic E-state index is 11.8. The van der Waals surface area contributed by atoms with Crippen LogP contribution in [0.1, 0.15) is 46.5 Å². The van der Waals surface area contributed by atoms with E-state index in [9.17, 15) is 14.7 Å². The maximum Gasteiger partial charge on any atom is 0.307 e. The summed E-state index contributed by atoms with van der Waals surface area (Å²) in [5.74, 6) is -0.902. The summed E-state index contributed by atoms with van der Waals surface area (Å²) in [4.78, 5) is 23.0. The first-order valence-corrected chi connectivity index (χ1v) is 7.03. The molecule has 0 aromatic carbocycles. The number of hydrogen-bond acceptors (Lipinski definition) is 3. The molecule has 5 heteroatoms. The van der Waals surface area contributed by atoms with Gasteiger partial charge >= 0.3 is 5.97 Å². The number of carbonyl (C=O) groups is 2. The standard InChI is InChI=1S/C14H26N2O3/c1-9-11(16-12(17)5-4-8-15)7-6-10(13(18)19)14(9,2)3/h9-11H,4-8,15H2,1-3H3,(H,16,17)(H,18,19). The monoisotopic (exact) mass is 270 g/mol. The molecule has 3 atom stereocenters. The lowest BCUT2D eigenvalue weighted by Crippen LogP contribution is -2.52. The summed E-state index contributed by atoms with van der Waals surface area (Å²) in [5, 5.41) is 12.3. The van der Waals surface area contributed by atoms with Gasteiger partial charge < -0.3 is 16.2 Å². The van der Waals surface area contributed by atoms with Crippen LogP contribution in [0.3, 0.4) is 0 Å². The smallest absolute Gasteiger partial charge is 0.307 e. The highest BCUT2D eigenvalue weighted by molar-refractivity contribution is 5.76. The van der Waals surface area contributed by atoms with E-state index in [-0.39, 0.29) is 29.2 Å². The van der Waals surface area contributed by atoms with Crippen molar-refractivity contribution in [1.29, 1.82) is 0 Å². The Morgan fingerprint density at radius 3 is 2.53 bits per heavy atom. The summed E-state index contributed by atoms with van der Waals surface area (Å²) in [6.07, 6.45) is 2.49. The highest BCUT2D eigenvalue weighted by Crippen LogP contribution is 2.45. The molecule has 3 unspecified atom stereocenters. The highest BCUT2D eigenvalue weighted by Gasteiger charge is 2.46. The summed E-state index contributed by atoms with van der Waals surface area (Å²) in [6.45, 7) is 6.51. The van der Waals surface area contributed by atoms with Gasteiger partial charge in [0.2, 0.25) is 5.91 Å². The van der Waals surface area contributed by atoms with Gasteiger partial charge in [-0.15, -0.1) is 0 Å². The van der Waals surface area contributed by atoms with E-state index >= 15 is 0 Å². The lowest BCUT2D eigenvalue weighted by atomic mass is 9.61. The number of nitrogens with one attached hydrogen (secondary N) is 1. The third-order valence-corrected chi connectivity index (χ3v) is 4.69. The molecule has 0 spiro atoms. The van der Waals surface area contributed by atoms with Gasteiger partial charge in [0, 0.05) is 12.5 Å². The fourth-order valence-corrected chi connectivity index (χ4v) is 2.98. The molecule has 1 fully saturated rings. The number of rotatable bonds is 5. The molecule has 0 aliphatic heterocycles. The third-order valence-electron chi connectivity index (χ3n) is 4.69. The number of carboxylic acids is 1. The Bertz CT molecular complexity index is 342. The minimum atomic E-state index is -0.732. The van der Waals surface area contributed by atoms with Crippen LogP contribution in [0.4, 0.5) is 0 Å². The first-order valence-electron chi connectivity index (χ1n) is 7.03. The number of hydrogen-bond donors (Lipinski definition) is 3. The van der Waals surface area contributed by atoms with Crippen LogP contribution >= 0.6 is 0 Å². The van der Waals surface area contributed by atoms with Crippen LogP contribution in [0, 0.1) is 17.3 Å². The van der Waals surface area contributed by atoms with Crippen LogP contribution in [0.5, 0.6) is 0 Å². The Balaban J connectivity index is 2.65. The predicted molar refractivity (Wildman–Crippen MR) is 73.5 cm³/mol. The van der Waals surface area contributed by atoms with Crippen molar-refractivity contribution in [2.24, 2.45) is 23.0 Å². The zero-order chi connectivity index (χ0) is 14.6. The molecule has 0 radical (unpaired) electrons. The molecule has 1 aliphatic rings. The van der Waals surface area contributed by atoms with Crippen LogP contribution in [0.15, 0.2) is 0 Å². The Kier molecular flexibility index (Phi) is 5.35. The van der Waals surface area contributed by atoms with Crippen molar-refractivity contribution in [3.63, 3.8) is 0 Å². The summed E-state index contributed by atoms with van der Waals surface area (Å²) < 4.78 is 0. The number of nitrogens with two attached hydrogens (primary N) is 1. The van der Waals surface area contributed by atoms with Crippen LogP contribution < -0.4 is 11.1 Å². The van der Waals surface area contributed by atoms with E-state index in [2.05, 4.69) is 5.32 Å². The molecular weight excluding hydrogens is 244 g/mol. The van der Waals surface area contributed by atoms with Gasteiger partial charge in [0.1, 0.15) is 0 Å². The van der Waals surface area contributed by atoms with Gasteiger partial charge in [0.05, 0.1) is 5.92 Å². The molecule has 110 valence electrons. The van der Waals surface area contributed by atoms with E-state index in [4.69, 9.17) is 5.73 Å². The van der Waals surface area contributed by atoms with Gasteiger partial charge in [-0.05, 0) is 37.1 Å². The van der Waals surface area contributed by atoms with Gasteiger partial charge in [-0.1, -0.05) is 20.8 Å². The maximum atomic E-state index is 11.8. The zero-order valence-electron chi connectivity index (χ0n) is 12.1. The molecule has 0 aromatic heterocycles. The van der Waals surface area contributed by atoms with Crippen LogP contribution in [0.2, 0.25) is 0 Å². The van der Waals surface area contributed by atoms with E-state index in [1.807, 2.05) is 20.8 Å². The summed E-state index contributed by atoms with van der Waals surface area (Å²) in [7, 11) is 0. The average Bonchev–Trinajstić information content (AvgIpc) is 2.32. The minimum Gasteiger partial charge on any atom is -0.481 e. The lowest BCUT2D eigenvalue weighted by Gasteiger charge is -2.46. The van der Waals surface area contributed by atoms with Crippen molar-refractivity contribution in [1.82, 2.24) is 5.32 Å². The predicted octanol–water partition coefficient (Wildman–Crippen LogP) is 1.37. The van der Waals surface area contributed by atoms with Gasteiger partial charge in [-0.2, -0.15) is 0 Å². The largest absolute Gasteiger partial charge is 0.481 e. The van der Waals surface area contributed by atoms with E-state index in [1.54, 1.807) is 0 Å². The Hall–Kier alpha value is -1.10. The Morgan fingerprint density at radius 2 is 2.00 bits per heavy atom. The molecule has 0 aromatic rings. The van der Waals surface area contributed by atoms with Crippen molar-refractivity contribution < 1.29 is 14.7 Å². The number of carboxylic acid groups (broad SMARTS) is 1. The Morgan fingerprint density at radius 1 is 1.37 bits per heavy atom. The van der Waals surface area contributed by atoms with Crippen molar-refractivity contribution in [3.8, 4) is 0 Å². The van der Waals surface area contributed by atoms with Gasteiger partial charge in [0.25, 0.3) is 0 Å². The SMILES string of the molecule is CC1C(NC(=O)CCCN)CCC(C(=O)O)C1(C)C. The minimum absolute atomic E-state index is 0.0203. The first kappa shape index (κ1) is 16.0. The normalized spacial score (nSPS) is 29.8. The molecule has 1 saturated carbocycles. The van der Waals surface area contributed by atoms with Crippen molar-refractivity contribution >= 4 is 11.9 Å². The van der Waals surface area contributed by atoms with Crippen molar-refractivity contribution in [2.75, 3.05) is 6.54 Å². The molecule has 1 rings (SSSR count). The summed E-state index contributed by atoms with van der Waals surface area (Å²) in [5.41, 5.74) is 5.08. The molecule has 0 saturated heterocycles.